The van der Waals surface area contributed by atoms with E-state index in [4.69, 9.17) is 16.3 Å². The Bertz CT molecular complexity index is 621. The molecular weight excluding hydrogens is 272 g/mol. The van der Waals surface area contributed by atoms with Crippen LogP contribution in [0.3, 0.4) is 0 Å². The van der Waals surface area contributed by atoms with E-state index in [2.05, 4.69) is 15.3 Å². The lowest BCUT2D eigenvalue weighted by atomic mass is 10.3. The van der Waals surface area contributed by atoms with Gasteiger partial charge in [-0.15, -0.1) is 0 Å². The molecule has 0 fully saturated rings. The number of nitrogens with one attached hydrogen (secondary N) is 1. The topological polar surface area (TPSA) is 90.2 Å². The van der Waals surface area contributed by atoms with Crippen LogP contribution in [0.2, 0.25) is 5.15 Å². The summed E-state index contributed by atoms with van der Waals surface area (Å²) in [6, 6.07) is 6.91. The van der Waals surface area contributed by atoms with Gasteiger partial charge >= 0.3 is 5.69 Å². The third kappa shape index (κ3) is 2.89. The van der Waals surface area contributed by atoms with Gasteiger partial charge in [-0.2, -0.15) is 0 Å². The number of ether oxygens (including phenoxy) is 1. The highest BCUT2D eigenvalue weighted by atomic mass is 35.5. The smallest absolute Gasteiger partial charge is 0.348 e. The van der Waals surface area contributed by atoms with Crippen LogP contribution in [0.1, 0.15) is 0 Å². The fourth-order valence-corrected chi connectivity index (χ4v) is 1.65. The molecule has 0 atom stereocenters. The Morgan fingerprint density at radius 2 is 2.21 bits per heavy atom. The summed E-state index contributed by atoms with van der Waals surface area (Å²) in [6.07, 6.45) is 1.15. The lowest BCUT2D eigenvalue weighted by molar-refractivity contribution is -0.384. The van der Waals surface area contributed by atoms with E-state index in [1.807, 2.05) is 0 Å². The zero-order chi connectivity index (χ0) is 13.8. The number of methoxy groups -OCH3 is 1. The van der Waals surface area contributed by atoms with E-state index in [0.717, 1.165) is 6.33 Å². The molecule has 2 aromatic rings. The van der Waals surface area contributed by atoms with Crippen molar-refractivity contribution < 1.29 is 9.66 Å². The quantitative estimate of drug-likeness (QED) is 0.526. The molecule has 0 aliphatic heterocycles. The Balaban J connectivity index is 2.38. The molecule has 2 rings (SSSR count). The van der Waals surface area contributed by atoms with E-state index in [9.17, 15) is 10.1 Å². The summed E-state index contributed by atoms with van der Waals surface area (Å²) in [7, 11) is 1.53. The molecule has 7 nitrogen and oxygen atoms in total. The highest BCUT2D eigenvalue weighted by molar-refractivity contribution is 6.31. The van der Waals surface area contributed by atoms with Crippen LogP contribution in [0.4, 0.5) is 17.2 Å². The molecule has 19 heavy (non-hydrogen) atoms. The average Bonchev–Trinajstić information content (AvgIpc) is 2.38. The predicted octanol–water partition coefficient (Wildman–Crippen LogP) is 2.79. The number of aromatic nitrogens is 2. The fourth-order valence-electron chi connectivity index (χ4n) is 1.45. The number of rotatable bonds is 4. The maximum atomic E-state index is 10.9. The van der Waals surface area contributed by atoms with Crippen LogP contribution in [-0.4, -0.2) is 22.0 Å². The molecule has 98 valence electrons. The van der Waals surface area contributed by atoms with Crippen molar-refractivity contribution in [2.75, 3.05) is 12.4 Å². The summed E-state index contributed by atoms with van der Waals surface area (Å²) in [6.45, 7) is 0. The Morgan fingerprint density at radius 3 is 2.89 bits per heavy atom. The standard InChI is InChI=1S/C11H9ClN4O3/c1-19-8-4-2-3-7(5-8)15-11-9(16(17)18)10(12)13-6-14-11/h2-6H,1H3,(H,13,14,15). The van der Waals surface area contributed by atoms with Crippen molar-refractivity contribution in [3.63, 3.8) is 0 Å². The van der Waals surface area contributed by atoms with E-state index < -0.39 is 4.92 Å². The third-order valence-corrected chi connectivity index (χ3v) is 2.57. The van der Waals surface area contributed by atoms with Crippen molar-refractivity contribution >= 4 is 28.8 Å². The van der Waals surface area contributed by atoms with Gasteiger partial charge in [0.15, 0.2) is 0 Å². The van der Waals surface area contributed by atoms with E-state index in [1.165, 1.54) is 7.11 Å². The highest BCUT2D eigenvalue weighted by Gasteiger charge is 2.21. The van der Waals surface area contributed by atoms with E-state index in [-0.39, 0.29) is 16.7 Å². The molecule has 1 aromatic carbocycles. The average molecular weight is 281 g/mol. The first-order chi connectivity index (χ1) is 9.11. The van der Waals surface area contributed by atoms with Crippen LogP contribution < -0.4 is 10.1 Å². The largest absolute Gasteiger partial charge is 0.497 e. The normalized spacial score (nSPS) is 10.0. The lowest BCUT2D eigenvalue weighted by Crippen LogP contribution is -2.01. The summed E-state index contributed by atoms with van der Waals surface area (Å²) < 4.78 is 5.06. The van der Waals surface area contributed by atoms with Crippen LogP contribution in [0, 0.1) is 10.1 Å². The summed E-state index contributed by atoms with van der Waals surface area (Å²) in [4.78, 5) is 17.7. The molecule has 0 spiro atoms. The Kier molecular flexibility index (Phi) is 3.76. The van der Waals surface area contributed by atoms with Crippen LogP contribution >= 0.6 is 11.6 Å². The van der Waals surface area contributed by atoms with E-state index in [1.54, 1.807) is 24.3 Å². The summed E-state index contributed by atoms with van der Waals surface area (Å²) in [5.41, 5.74) is 0.226. The van der Waals surface area contributed by atoms with Gasteiger partial charge in [0.2, 0.25) is 11.0 Å². The minimum absolute atomic E-state index is 0.0262. The molecule has 1 heterocycles. The van der Waals surface area contributed by atoms with Crippen molar-refractivity contribution in [1.82, 2.24) is 9.97 Å². The van der Waals surface area contributed by atoms with Gasteiger partial charge in [-0.05, 0) is 12.1 Å². The zero-order valence-corrected chi connectivity index (χ0v) is 10.6. The molecule has 0 bridgehead atoms. The molecule has 0 saturated heterocycles. The number of nitro groups is 1. The van der Waals surface area contributed by atoms with Crippen molar-refractivity contribution in [2.45, 2.75) is 0 Å². The summed E-state index contributed by atoms with van der Waals surface area (Å²) >= 11 is 5.69. The lowest BCUT2D eigenvalue weighted by Gasteiger charge is -2.07. The molecule has 0 aliphatic rings. The molecule has 8 heteroatoms. The molecule has 1 N–H and O–H groups in total. The highest BCUT2D eigenvalue weighted by Crippen LogP contribution is 2.31. The Labute approximate surface area is 113 Å². The van der Waals surface area contributed by atoms with Gasteiger partial charge < -0.3 is 10.1 Å². The van der Waals surface area contributed by atoms with Gasteiger partial charge in [-0.3, -0.25) is 10.1 Å². The molecule has 0 amide bonds. The molecule has 0 aliphatic carbocycles. The number of anilines is 2. The molecule has 0 saturated carbocycles. The first-order valence-corrected chi connectivity index (χ1v) is 5.55. The van der Waals surface area contributed by atoms with Crippen molar-refractivity contribution in [1.29, 1.82) is 0 Å². The van der Waals surface area contributed by atoms with Gasteiger partial charge in [0.05, 0.1) is 12.0 Å². The summed E-state index contributed by atoms with van der Waals surface area (Å²) in [5, 5.41) is 13.5. The second kappa shape index (κ2) is 5.49. The molecule has 0 unspecified atom stereocenters. The number of nitrogens with zero attached hydrogens (tertiary/aromatic N) is 3. The van der Waals surface area contributed by atoms with Gasteiger partial charge in [0, 0.05) is 11.8 Å². The van der Waals surface area contributed by atoms with Crippen LogP contribution in [0.25, 0.3) is 0 Å². The number of halogens is 1. The van der Waals surface area contributed by atoms with Crippen molar-refractivity contribution in [2.24, 2.45) is 0 Å². The van der Waals surface area contributed by atoms with Gasteiger partial charge in [0.25, 0.3) is 0 Å². The molecular formula is C11H9ClN4O3. The maximum Gasteiger partial charge on any atom is 0.348 e. The van der Waals surface area contributed by atoms with Gasteiger partial charge in [-0.25, -0.2) is 9.97 Å². The van der Waals surface area contributed by atoms with Crippen LogP contribution in [0.15, 0.2) is 30.6 Å². The predicted molar refractivity (Wildman–Crippen MR) is 70.0 cm³/mol. The van der Waals surface area contributed by atoms with E-state index >= 15 is 0 Å². The maximum absolute atomic E-state index is 10.9. The fraction of sp³-hybridized carbons (Fsp3) is 0.0909. The molecule has 0 radical (unpaired) electrons. The monoisotopic (exact) mass is 280 g/mol. The SMILES string of the molecule is COc1cccc(Nc2ncnc(Cl)c2[N+](=O)[O-])c1. The Morgan fingerprint density at radius 1 is 1.42 bits per heavy atom. The number of hydrogen-bond donors (Lipinski definition) is 1. The van der Waals surface area contributed by atoms with E-state index in [0.29, 0.717) is 11.4 Å². The third-order valence-electron chi connectivity index (χ3n) is 2.29. The molecule has 1 aromatic heterocycles. The van der Waals surface area contributed by atoms with Crippen LogP contribution in [-0.2, 0) is 0 Å². The number of hydrogen-bond acceptors (Lipinski definition) is 6. The van der Waals surface area contributed by atoms with Gasteiger partial charge in [-0.1, -0.05) is 17.7 Å². The minimum atomic E-state index is -0.634. The second-order valence-corrected chi connectivity index (χ2v) is 3.83. The first kappa shape index (κ1) is 13.0. The van der Waals surface area contributed by atoms with Crippen molar-refractivity contribution in [3.05, 3.63) is 45.9 Å². The zero-order valence-electron chi connectivity index (χ0n) is 9.83. The second-order valence-electron chi connectivity index (χ2n) is 3.48. The summed E-state index contributed by atoms with van der Waals surface area (Å²) in [5.74, 6) is 0.644. The van der Waals surface area contributed by atoms with Crippen LogP contribution in [0.5, 0.6) is 5.75 Å². The van der Waals surface area contributed by atoms with Gasteiger partial charge in [0.1, 0.15) is 12.1 Å². The Hall–Kier alpha value is -2.41. The van der Waals surface area contributed by atoms with Crippen molar-refractivity contribution in [3.8, 4) is 5.75 Å². The minimum Gasteiger partial charge on any atom is -0.497 e. The number of benzene rings is 1. The first-order valence-electron chi connectivity index (χ1n) is 5.18.